The molecule has 158 valence electrons. The maximum absolute atomic E-state index is 13.8. The topological polar surface area (TPSA) is 58.1 Å². The van der Waals surface area contributed by atoms with Gasteiger partial charge in [0.15, 0.2) is 0 Å². The average molecular weight is 427 g/mol. The van der Waals surface area contributed by atoms with Crippen LogP contribution in [0.5, 0.6) is 0 Å². The number of alkyl halides is 3. The zero-order valence-corrected chi connectivity index (χ0v) is 17.7. The molecule has 0 spiro atoms. The standard InChI is InChI=1S/C20H25F3N4OS/c1-12-6-5-7-27(12)18(28)16-17(29-11-26-16)13-9-24-15(25-10-19(2,3)4)8-14(13)20(21,22)23/h8-9,11-12H,5-7,10H2,1-4H3,(H,24,25)/t12-/m0/s1. The Hall–Kier alpha value is -2.16. The van der Waals surface area contributed by atoms with Crippen LogP contribution in [-0.2, 0) is 6.18 Å². The van der Waals surface area contributed by atoms with Crippen LogP contribution in [0, 0.1) is 5.41 Å². The van der Waals surface area contributed by atoms with Crippen LogP contribution in [0.25, 0.3) is 10.4 Å². The summed E-state index contributed by atoms with van der Waals surface area (Å²) in [5, 5.41) is 2.96. The number of amides is 1. The van der Waals surface area contributed by atoms with Crippen molar-refractivity contribution >= 4 is 23.1 Å². The maximum Gasteiger partial charge on any atom is 0.417 e. The van der Waals surface area contributed by atoms with Crippen LogP contribution in [0.1, 0.15) is 56.6 Å². The van der Waals surface area contributed by atoms with E-state index in [-0.39, 0.29) is 39.3 Å². The molecule has 0 aliphatic carbocycles. The van der Waals surface area contributed by atoms with E-state index in [0.717, 1.165) is 30.2 Å². The molecule has 0 bridgehead atoms. The van der Waals surface area contributed by atoms with E-state index in [9.17, 15) is 18.0 Å². The number of halogens is 3. The van der Waals surface area contributed by atoms with E-state index in [1.807, 2.05) is 27.7 Å². The number of rotatable bonds is 4. The summed E-state index contributed by atoms with van der Waals surface area (Å²) in [4.78, 5) is 23.1. The van der Waals surface area contributed by atoms with E-state index < -0.39 is 11.7 Å². The molecule has 1 aliphatic rings. The molecule has 1 atom stereocenters. The van der Waals surface area contributed by atoms with E-state index in [4.69, 9.17) is 0 Å². The highest BCUT2D eigenvalue weighted by Gasteiger charge is 2.37. The highest BCUT2D eigenvalue weighted by Crippen LogP contribution is 2.41. The van der Waals surface area contributed by atoms with Crippen LogP contribution < -0.4 is 5.32 Å². The normalized spacial score (nSPS) is 17.6. The first kappa shape index (κ1) is 21.5. The molecule has 0 saturated carbocycles. The largest absolute Gasteiger partial charge is 0.417 e. The number of carbonyl (C=O) groups excluding carboxylic acids is 1. The summed E-state index contributed by atoms with van der Waals surface area (Å²) in [6, 6.07) is 1.06. The second kappa shape index (κ2) is 7.93. The quantitative estimate of drug-likeness (QED) is 0.720. The fourth-order valence-electron chi connectivity index (χ4n) is 3.28. The molecular formula is C20H25F3N4OS. The number of nitrogens with one attached hydrogen (secondary N) is 1. The SMILES string of the molecule is C[C@H]1CCCN1C(=O)c1ncsc1-c1cnc(NCC(C)(C)C)cc1C(F)(F)F. The zero-order valence-electron chi connectivity index (χ0n) is 16.9. The van der Waals surface area contributed by atoms with Gasteiger partial charge in [-0.3, -0.25) is 4.79 Å². The van der Waals surface area contributed by atoms with Gasteiger partial charge in [-0.1, -0.05) is 20.8 Å². The van der Waals surface area contributed by atoms with Gasteiger partial charge in [0.05, 0.1) is 16.0 Å². The molecule has 1 saturated heterocycles. The van der Waals surface area contributed by atoms with Crippen molar-refractivity contribution in [3.8, 4) is 10.4 Å². The second-order valence-electron chi connectivity index (χ2n) is 8.55. The van der Waals surface area contributed by atoms with Crippen molar-refractivity contribution in [3.63, 3.8) is 0 Å². The lowest BCUT2D eigenvalue weighted by atomic mass is 9.97. The number of carbonyl (C=O) groups is 1. The molecule has 0 radical (unpaired) electrons. The van der Waals surface area contributed by atoms with Gasteiger partial charge in [-0.05, 0) is 31.2 Å². The van der Waals surface area contributed by atoms with Crippen LogP contribution in [0.4, 0.5) is 19.0 Å². The number of aromatic nitrogens is 2. The third-order valence-corrected chi connectivity index (χ3v) is 5.70. The molecule has 1 aliphatic heterocycles. The molecular weight excluding hydrogens is 401 g/mol. The Morgan fingerprint density at radius 2 is 2.03 bits per heavy atom. The fraction of sp³-hybridized carbons (Fsp3) is 0.550. The third kappa shape index (κ3) is 4.88. The molecule has 29 heavy (non-hydrogen) atoms. The van der Waals surface area contributed by atoms with Gasteiger partial charge in [0.2, 0.25) is 0 Å². The molecule has 3 heterocycles. The van der Waals surface area contributed by atoms with Gasteiger partial charge in [0, 0.05) is 30.9 Å². The Bertz CT molecular complexity index is 889. The van der Waals surface area contributed by atoms with Crippen molar-refractivity contribution in [2.75, 3.05) is 18.4 Å². The van der Waals surface area contributed by atoms with E-state index in [1.165, 1.54) is 11.7 Å². The summed E-state index contributed by atoms with van der Waals surface area (Å²) in [5.41, 5.74) is 0.428. The van der Waals surface area contributed by atoms with Gasteiger partial charge >= 0.3 is 6.18 Å². The van der Waals surface area contributed by atoms with Gasteiger partial charge in [0.1, 0.15) is 11.5 Å². The van der Waals surface area contributed by atoms with Crippen molar-refractivity contribution in [2.24, 2.45) is 5.41 Å². The number of hydrogen-bond acceptors (Lipinski definition) is 5. The maximum atomic E-state index is 13.8. The molecule has 1 amide bonds. The van der Waals surface area contributed by atoms with Crippen LogP contribution >= 0.6 is 11.3 Å². The first-order valence-electron chi connectivity index (χ1n) is 9.53. The minimum absolute atomic E-state index is 0.0567. The molecule has 2 aromatic rings. The Morgan fingerprint density at radius 3 is 2.62 bits per heavy atom. The number of pyridine rings is 1. The number of likely N-dealkylation sites (tertiary alicyclic amines) is 1. The van der Waals surface area contributed by atoms with Gasteiger partial charge < -0.3 is 10.2 Å². The predicted molar refractivity (Wildman–Crippen MR) is 108 cm³/mol. The summed E-state index contributed by atoms with van der Waals surface area (Å²) in [6.45, 7) is 8.95. The van der Waals surface area contributed by atoms with Crippen LogP contribution in [-0.4, -0.2) is 39.9 Å². The zero-order chi connectivity index (χ0) is 21.4. The van der Waals surface area contributed by atoms with Gasteiger partial charge in [-0.25, -0.2) is 9.97 Å². The van der Waals surface area contributed by atoms with Gasteiger partial charge in [-0.15, -0.1) is 11.3 Å². The van der Waals surface area contributed by atoms with Crippen molar-refractivity contribution in [1.82, 2.24) is 14.9 Å². The Labute approximate surface area is 172 Å². The number of thiazole rings is 1. The highest BCUT2D eigenvalue weighted by molar-refractivity contribution is 7.13. The van der Waals surface area contributed by atoms with E-state index in [2.05, 4.69) is 15.3 Å². The molecule has 9 heteroatoms. The van der Waals surface area contributed by atoms with Gasteiger partial charge in [-0.2, -0.15) is 13.2 Å². The number of anilines is 1. The van der Waals surface area contributed by atoms with Crippen molar-refractivity contribution in [1.29, 1.82) is 0 Å². The fourth-order valence-corrected chi connectivity index (χ4v) is 4.09. The second-order valence-corrected chi connectivity index (χ2v) is 9.40. The molecule has 2 aromatic heterocycles. The lowest BCUT2D eigenvalue weighted by Gasteiger charge is -2.22. The monoisotopic (exact) mass is 426 g/mol. The lowest BCUT2D eigenvalue weighted by Crippen LogP contribution is -2.34. The molecule has 5 nitrogen and oxygen atoms in total. The number of nitrogens with zero attached hydrogens (tertiary/aromatic N) is 3. The molecule has 1 fully saturated rings. The smallest absolute Gasteiger partial charge is 0.370 e. The minimum Gasteiger partial charge on any atom is -0.370 e. The summed E-state index contributed by atoms with van der Waals surface area (Å²) in [7, 11) is 0. The summed E-state index contributed by atoms with van der Waals surface area (Å²) in [6.07, 6.45) is -1.63. The van der Waals surface area contributed by atoms with Crippen molar-refractivity contribution in [3.05, 3.63) is 29.0 Å². The van der Waals surface area contributed by atoms with Crippen molar-refractivity contribution < 1.29 is 18.0 Å². The van der Waals surface area contributed by atoms with E-state index in [0.29, 0.717) is 13.1 Å². The Kier molecular flexibility index (Phi) is 5.89. The Balaban J connectivity index is 1.99. The Morgan fingerprint density at radius 1 is 1.31 bits per heavy atom. The molecule has 1 N–H and O–H groups in total. The molecule has 0 aromatic carbocycles. The molecule has 3 rings (SSSR count). The first-order chi connectivity index (χ1) is 13.5. The highest BCUT2D eigenvalue weighted by atomic mass is 32.1. The summed E-state index contributed by atoms with van der Waals surface area (Å²) >= 11 is 1.03. The van der Waals surface area contributed by atoms with Crippen LogP contribution in [0.15, 0.2) is 17.8 Å². The van der Waals surface area contributed by atoms with Crippen molar-refractivity contribution in [2.45, 2.75) is 52.8 Å². The molecule has 0 unspecified atom stereocenters. The van der Waals surface area contributed by atoms with Crippen LogP contribution in [0.3, 0.4) is 0 Å². The third-order valence-electron chi connectivity index (χ3n) is 4.84. The summed E-state index contributed by atoms with van der Waals surface area (Å²) in [5.74, 6) is -0.170. The van der Waals surface area contributed by atoms with Gasteiger partial charge in [0.25, 0.3) is 5.91 Å². The van der Waals surface area contributed by atoms with Crippen LogP contribution in [0.2, 0.25) is 0 Å². The first-order valence-corrected chi connectivity index (χ1v) is 10.4. The van der Waals surface area contributed by atoms with E-state index in [1.54, 1.807) is 4.90 Å². The predicted octanol–water partition coefficient (Wildman–Crippen LogP) is 5.31. The minimum atomic E-state index is -4.58. The summed E-state index contributed by atoms with van der Waals surface area (Å²) < 4.78 is 41.5. The lowest BCUT2D eigenvalue weighted by molar-refractivity contribution is -0.137. The average Bonchev–Trinajstić information content (AvgIpc) is 3.27. The van der Waals surface area contributed by atoms with E-state index >= 15 is 0 Å². The number of hydrogen-bond donors (Lipinski definition) is 1.